The van der Waals surface area contributed by atoms with Crippen molar-refractivity contribution in [3.63, 3.8) is 0 Å². The maximum Gasteiger partial charge on any atom is 0.214 e. The van der Waals surface area contributed by atoms with Gasteiger partial charge in [-0.1, -0.05) is 44.5 Å². The molecule has 92 valence electrons. The van der Waals surface area contributed by atoms with Crippen molar-refractivity contribution >= 4 is 5.90 Å². The van der Waals surface area contributed by atoms with Crippen molar-refractivity contribution in [1.82, 2.24) is 0 Å². The molecule has 0 aliphatic carbocycles. The second-order valence-electron chi connectivity index (χ2n) is 3.93. The van der Waals surface area contributed by atoms with Gasteiger partial charge in [0.25, 0.3) is 0 Å². The topological polar surface area (TPSA) is 21.6 Å². The van der Waals surface area contributed by atoms with Gasteiger partial charge in [0.05, 0.1) is 0 Å². The summed E-state index contributed by atoms with van der Waals surface area (Å²) in [4.78, 5) is 4.34. The second kappa shape index (κ2) is 6.89. The van der Waals surface area contributed by atoms with E-state index in [2.05, 4.69) is 24.9 Å². The first kappa shape index (κ1) is 13.5. The Morgan fingerprint density at radius 1 is 1.18 bits per heavy atom. The van der Waals surface area contributed by atoms with Crippen LogP contribution in [0.3, 0.4) is 0 Å². The zero-order chi connectivity index (χ0) is 12.7. The molecule has 1 aliphatic heterocycles. The molecule has 1 atom stereocenters. The van der Waals surface area contributed by atoms with E-state index < -0.39 is 0 Å². The zero-order valence-electron chi connectivity index (χ0n) is 11.1. The van der Waals surface area contributed by atoms with E-state index in [-0.39, 0.29) is 0 Å². The maximum atomic E-state index is 5.62. The Balaban J connectivity index is 0.000000686. The van der Waals surface area contributed by atoms with E-state index in [9.17, 15) is 0 Å². The molecule has 0 saturated heterocycles. The SMILES string of the molecule is CC.Cc1ccc(OC2=NCC(C)C=C2)cc1. The van der Waals surface area contributed by atoms with Gasteiger partial charge in [-0.2, -0.15) is 0 Å². The van der Waals surface area contributed by atoms with Crippen molar-refractivity contribution in [3.05, 3.63) is 42.0 Å². The molecule has 2 rings (SSSR count). The van der Waals surface area contributed by atoms with Crippen LogP contribution in [-0.4, -0.2) is 12.4 Å². The maximum absolute atomic E-state index is 5.62. The third kappa shape index (κ3) is 4.43. The van der Waals surface area contributed by atoms with Gasteiger partial charge in [-0.05, 0) is 31.1 Å². The second-order valence-corrected chi connectivity index (χ2v) is 3.93. The number of hydrogen-bond acceptors (Lipinski definition) is 2. The monoisotopic (exact) mass is 231 g/mol. The number of dihydropyridines is 1. The number of aliphatic imine (C=N–C) groups is 1. The molecule has 0 bridgehead atoms. The standard InChI is InChI=1S/C13H15NO.C2H6/c1-10-3-6-12(7-4-10)15-13-8-5-11(2)9-14-13;1-2/h3-8,11H,9H2,1-2H3;1-2H3. The van der Waals surface area contributed by atoms with Crippen LogP contribution in [0.4, 0.5) is 0 Å². The lowest BCUT2D eigenvalue weighted by molar-refractivity contribution is 0.541. The van der Waals surface area contributed by atoms with E-state index in [1.54, 1.807) is 0 Å². The fraction of sp³-hybridized carbons (Fsp3) is 0.400. The molecule has 0 N–H and O–H groups in total. The third-order valence-electron chi connectivity index (χ3n) is 2.35. The van der Waals surface area contributed by atoms with Gasteiger partial charge in [0.15, 0.2) is 0 Å². The first-order valence-corrected chi connectivity index (χ1v) is 6.21. The molecule has 2 nitrogen and oxygen atoms in total. The van der Waals surface area contributed by atoms with Crippen molar-refractivity contribution in [2.24, 2.45) is 10.9 Å². The Morgan fingerprint density at radius 2 is 1.82 bits per heavy atom. The lowest BCUT2D eigenvalue weighted by Crippen LogP contribution is -2.12. The summed E-state index contributed by atoms with van der Waals surface area (Å²) >= 11 is 0. The van der Waals surface area contributed by atoms with Crippen LogP contribution in [0.5, 0.6) is 5.75 Å². The molecule has 0 spiro atoms. The van der Waals surface area contributed by atoms with Gasteiger partial charge in [0.1, 0.15) is 5.75 Å². The summed E-state index contributed by atoms with van der Waals surface area (Å²) in [6, 6.07) is 7.99. The number of aryl methyl sites for hydroxylation is 1. The first-order valence-electron chi connectivity index (χ1n) is 6.21. The van der Waals surface area contributed by atoms with E-state index in [1.165, 1.54) is 5.56 Å². The molecule has 0 amide bonds. The van der Waals surface area contributed by atoms with E-state index in [4.69, 9.17) is 4.74 Å². The Morgan fingerprint density at radius 3 is 2.35 bits per heavy atom. The van der Waals surface area contributed by atoms with Crippen molar-refractivity contribution in [1.29, 1.82) is 0 Å². The van der Waals surface area contributed by atoms with E-state index in [0.29, 0.717) is 11.8 Å². The predicted octanol–water partition coefficient (Wildman–Crippen LogP) is 4.00. The van der Waals surface area contributed by atoms with E-state index >= 15 is 0 Å². The first-order chi connectivity index (χ1) is 8.24. The zero-order valence-corrected chi connectivity index (χ0v) is 11.1. The van der Waals surface area contributed by atoms with Crippen LogP contribution >= 0.6 is 0 Å². The van der Waals surface area contributed by atoms with Gasteiger partial charge in [0.2, 0.25) is 5.90 Å². The Kier molecular flexibility index (Phi) is 5.47. The molecule has 1 aromatic carbocycles. The number of hydrogen-bond donors (Lipinski definition) is 0. The summed E-state index contributed by atoms with van der Waals surface area (Å²) in [5.41, 5.74) is 1.23. The smallest absolute Gasteiger partial charge is 0.214 e. The normalized spacial score (nSPS) is 17.9. The van der Waals surface area contributed by atoms with Crippen LogP contribution in [0.25, 0.3) is 0 Å². The molecule has 0 radical (unpaired) electrons. The summed E-state index contributed by atoms with van der Waals surface area (Å²) in [6.07, 6.45) is 4.06. The minimum atomic E-state index is 0.523. The fourth-order valence-corrected chi connectivity index (χ4v) is 1.39. The molecule has 1 aliphatic rings. The largest absolute Gasteiger partial charge is 0.439 e. The van der Waals surface area contributed by atoms with Crippen LogP contribution in [0.2, 0.25) is 0 Å². The molecule has 0 fully saturated rings. The Bertz CT molecular complexity index is 390. The minimum Gasteiger partial charge on any atom is -0.439 e. The van der Waals surface area contributed by atoms with Gasteiger partial charge >= 0.3 is 0 Å². The molecule has 1 unspecified atom stereocenters. The van der Waals surface area contributed by atoms with Gasteiger partial charge in [-0.15, -0.1) is 0 Å². The van der Waals surface area contributed by atoms with Crippen LogP contribution in [0.1, 0.15) is 26.3 Å². The number of nitrogens with zero attached hydrogens (tertiary/aromatic N) is 1. The van der Waals surface area contributed by atoms with Crippen molar-refractivity contribution < 1.29 is 4.74 Å². The summed E-state index contributed by atoms with van der Waals surface area (Å²) in [5.74, 6) is 2.07. The van der Waals surface area contributed by atoms with E-state index in [0.717, 1.165) is 12.3 Å². The number of benzene rings is 1. The molecule has 2 heteroatoms. The molecule has 1 heterocycles. The Hall–Kier alpha value is -1.57. The highest BCUT2D eigenvalue weighted by Crippen LogP contribution is 2.14. The van der Waals surface area contributed by atoms with Crippen LogP contribution < -0.4 is 4.74 Å². The number of ether oxygens (including phenoxy) is 1. The third-order valence-corrected chi connectivity index (χ3v) is 2.35. The molecule has 0 saturated carbocycles. The lowest BCUT2D eigenvalue weighted by Gasteiger charge is -2.11. The number of rotatable bonds is 1. The van der Waals surface area contributed by atoms with Gasteiger partial charge in [-0.3, -0.25) is 4.99 Å². The van der Waals surface area contributed by atoms with Crippen molar-refractivity contribution in [2.75, 3.05) is 6.54 Å². The van der Waals surface area contributed by atoms with Crippen LogP contribution in [-0.2, 0) is 0 Å². The van der Waals surface area contributed by atoms with Crippen LogP contribution in [0, 0.1) is 12.8 Å². The highest BCUT2D eigenvalue weighted by molar-refractivity contribution is 5.90. The molecule has 17 heavy (non-hydrogen) atoms. The fourth-order valence-electron chi connectivity index (χ4n) is 1.39. The van der Waals surface area contributed by atoms with Gasteiger partial charge < -0.3 is 4.74 Å². The average molecular weight is 231 g/mol. The Labute approximate surface area is 104 Å². The van der Waals surface area contributed by atoms with Crippen molar-refractivity contribution in [2.45, 2.75) is 27.7 Å². The van der Waals surface area contributed by atoms with Crippen molar-refractivity contribution in [3.8, 4) is 5.75 Å². The molecule has 0 aromatic heterocycles. The average Bonchev–Trinajstić information content (AvgIpc) is 2.37. The summed E-state index contributed by atoms with van der Waals surface area (Å²) in [6.45, 7) is 9.02. The lowest BCUT2D eigenvalue weighted by atomic mass is 10.1. The molecular formula is C15H21NO. The summed E-state index contributed by atoms with van der Waals surface area (Å²) in [5, 5.41) is 0. The quantitative estimate of drug-likeness (QED) is 0.715. The molecule has 1 aromatic rings. The van der Waals surface area contributed by atoms with Crippen LogP contribution in [0.15, 0.2) is 41.4 Å². The highest BCUT2D eigenvalue weighted by Gasteiger charge is 2.06. The molecular weight excluding hydrogens is 210 g/mol. The highest BCUT2D eigenvalue weighted by atomic mass is 16.5. The van der Waals surface area contributed by atoms with Gasteiger partial charge in [-0.25, -0.2) is 0 Å². The van der Waals surface area contributed by atoms with Gasteiger partial charge in [0, 0.05) is 6.54 Å². The van der Waals surface area contributed by atoms with E-state index in [1.807, 2.05) is 44.2 Å². The summed E-state index contributed by atoms with van der Waals surface area (Å²) in [7, 11) is 0. The predicted molar refractivity (Wildman–Crippen MR) is 73.8 cm³/mol. The summed E-state index contributed by atoms with van der Waals surface area (Å²) < 4.78 is 5.62. The minimum absolute atomic E-state index is 0.523.